The number of carbonyl (C=O) groups is 1. The molecule has 1 unspecified atom stereocenters. The third-order valence-corrected chi connectivity index (χ3v) is 8.02. The maximum absolute atomic E-state index is 13.0. The summed E-state index contributed by atoms with van der Waals surface area (Å²) in [5, 5.41) is 10.4. The minimum atomic E-state index is -0.655. The Balaban J connectivity index is 2.11. The van der Waals surface area contributed by atoms with Crippen molar-refractivity contribution in [1.82, 2.24) is 4.90 Å². The fraction of sp³-hybridized carbons (Fsp3) is 0.588. The van der Waals surface area contributed by atoms with Crippen LogP contribution >= 0.6 is 0 Å². The van der Waals surface area contributed by atoms with Gasteiger partial charge in [-0.05, 0) is 80.6 Å². The zero-order chi connectivity index (χ0) is 31.1. The van der Waals surface area contributed by atoms with Gasteiger partial charge in [0.05, 0.1) is 52.1 Å². The molecule has 2 aromatic carbocycles. The molecule has 0 aliphatic carbocycles. The van der Waals surface area contributed by atoms with Gasteiger partial charge < -0.3 is 28.6 Å². The van der Waals surface area contributed by atoms with Crippen LogP contribution in [0.2, 0.25) is 0 Å². The average Bonchev–Trinajstić information content (AvgIpc) is 3.00. The molecule has 2 aromatic rings. The molecule has 0 fully saturated rings. The van der Waals surface area contributed by atoms with E-state index in [4.69, 9.17) is 23.7 Å². The van der Waals surface area contributed by atoms with Crippen LogP contribution in [0.15, 0.2) is 30.3 Å². The van der Waals surface area contributed by atoms with Gasteiger partial charge in [-0.25, -0.2) is 4.79 Å². The van der Waals surface area contributed by atoms with E-state index < -0.39 is 5.41 Å². The Bertz CT molecular complexity index is 1180. The van der Waals surface area contributed by atoms with Crippen molar-refractivity contribution in [3.8, 4) is 29.1 Å². The Morgan fingerprint density at radius 2 is 1.52 bits per heavy atom. The number of ether oxygens (including phenoxy) is 5. The summed E-state index contributed by atoms with van der Waals surface area (Å²) in [5.41, 5.74) is 1.64. The number of unbranched alkanes of at least 4 members (excludes halogenated alkanes) is 3. The normalized spacial score (nSPS) is 12.5. The summed E-state index contributed by atoms with van der Waals surface area (Å²) in [6, 6.07) is 12.0. The number of nitrogens with zero attached hydrogens (tertiary/aromatic N) is 2. The smallest absolute Gasteiger partial charge is 0.338 e. The van der Waals surface area contributed by atoms with Crippen LogP contribution in [0.5, 0.6) is 23.0 Å². The Labute approximate surface area is 252 Å². The molecule has 0 heterocycles. The number of hydrogen-bond acceptors (Lipinski definition) is 8. The van der Waals surface area contributed by atoms with Crippen LogP contribution < -0.4 is 18.9 Å². The van der Waals surface area contributed by atoms with Gasteiger partial charge in [-0.3, -0.25) is 0 Å². The van der Waals surface area contributed by atoms with Crippen LogP contribution in [0.4, 0.5) is 0 Å². The lowest BCUT2D eigenvalue weighted by Crippen LogP contribution is -2.32. The highest BCUT2D eigenvalue weighted by molar-refractivity contribution is 5.92. The predicted molar refractivity (Wildman–Crippen MR) is 166 cm³/mol. The third-order valence-electron chi connectivity index (χ3n) is 8.02. The Hall–Kier alpha value is -3.44. The maximum atomic E-state index is 13.0. The molecular formula is C34H50N2O6. The lowest BCUT2D eigenvalue weighted by atomic mass is 9.69. The Morgan fingerprint density at radius 3 is 2.12 bits per heavy atom. The first-order valence-electron chi connectivity index (χ1n) is 15.0. The molecule has 0 radical (unpaired) electrons. The van der Waals surface area contributed by atoms with Gasteiger partial charge in [-0.1, -0.05) is 46.1 Å². The van der Waals surface area contributed by atoms with Crippen molar-refractivity contribution in [2.45, 2.75) is 71.1 Å². The predicted octanol–water partition coefficient (Wildman–Crippen LogP) is 6.83. The topological polar surface area (TPSA) is 90.3 Å². The van der Waals surface area contributed by atoms with Crippen molar-refractivity contribution in [2.75, 3.05) is 55.2 Å². The van der Waals surface area contributed by atoms with E-state index in [1.165, 1.54) is 0 Å². The molecule has 0 bridgehead atoms. The molecule has 0 saturated heterocycles. The van der Waals surface area contributed by atoms with Gasteiger partial charge in [0.2, 0.25) is 0 Å². The van der Waals surface area contributed by atoms with E-state index in [0.29, 0.717) is 48.0 Å². The fourth-order valence-electron chi connectivity index (χ4n) is 5.27. The number of hydrogen-bond donors (Lipinski definition) is 0. The first kappa shape index (κ1) is 34.8. The lowest BCUT2D eigenvalue weighted by molar-refractivity contribution is 0.0496. The van der Waals surface area contributed by atoms with E-state index in [-0.39, 0.29) is 11.9 Å². The fourth-order valence-corrected chi connectivity index (χ4v) is 5.27. The summed E-state index contributed by atoms with van der Waals surface area (Å²) < 4.78 is 27.5. The summed E-state index contributed by atoms with van der Waals surface area (Å²) >= 11 is 0. The van der Waals surface area contributed by atoms with Crippen LogP contribution in [0, 0.1) is 17.2 Å². The summed E-state index contributed by atoms with van der Waals surface area (Å²) in [7, 11) is 8.43. The number of likely N-dealkylation sites (N-methyl/N-ethyl adjacent to an activating group) is 1. The molecule has 0 aromatic heterocycles. The molecule has 2 rings (SSSR count). The van der Waals surface area contributed by atoms with E-state index in [1.54, 1.807) is 34.5 Å². The molecular weight excluding hydrogens is 532 g/mol. The van der Waals surface area contributed by atoms with Crippen LogP contribution in [0.3, 0.4) is 0 Å². The van der Waals surface area contributed by atoms with Crippen molar-refractivity contribution in [1.29, 1.82) is 5.26 Å². The van der Waals surface area contributed by atoms with Gasteiger partial charge in [0.15, 0.2) is 23.0 Å². The molecule has 42 heavy (non-hydrogen) atoms. The minimum absolute atomic E-state index is 0.105. The molecule has 0 N–H and O–H groups in total. The van der Waals surface area contributed by atoms with E-state index in [0.717, 1.165) is 56.3 Å². The first-order chi connectivity index (χ1) is 20.2. The third kappa shape index (κ3) is 9.03. The highest BCUT2D eigenvalue weighted by atomic mass is 16.5. The van der Waals surface area contributed by atoms with E-state index in [9.17, 15) is 10.1 Å². The van der Waals surface area contributed by atoms with Gasteiger partial charge in [-0.15, -0.1) is 0 Å². The van der Waals surface area contributed by atoms with Crippen LogP contribution in [-0.4, -0.2) is 66.1 Å². The monoisotopic (exact) mass is 582 g/mol. The molecule has 8 nitrogen and oxygen atoms in total. The zero-order valence-corrected chi connectivity index (χ0v) is 26.9. The number of carbonyl (C=O) groups excluding carboxylic acids is 1. The van der Waals surface area contributed by atoms with E-state index in [1.807, 2.05) is 24.3 Å². The zero-order valence-electron chi connectivity index (χ0n) is 26.9. The van der Waals surface area contributed by atoms with Crippen molar-refractivity contribution < 1.29 is 28.5 Å². The molecule has 0 saturated carbocycles. The highest BCUT2D eigenvalue weighted by Gasteiger charge is 2.36. The van der Waals surface area contributed by atoms with E-state index in [2.05, 4.69) is 38.8 Å². The number of esters is 1. The van der Waals surface area contributed by atoms with Crippen molar-refractivity contribution in [2.24, 2.45) is 5.92 Å². The standard InChI is InChI=1S/C34H50N2O6/c1-9-10-11-12-20-42-33(37)28-23-32(41-8)30(39-6)21-26(28)16-19-36(4)18-13-17-34(24-35,25(2)3)27-14-15-29(38-5)31(22-27)40-7/h14-15,21-23,25H,9-13,16-20H2,1-8H3. The first-order valence-corrected chi connectivity index (χ1v) is 15.0. The summed E-state index contributed by atoms with van der Waals surface area (Å²) in [5.74, 6) is 2.12. The largest absolute Gasteiger partial charge is 0.493 e. The van der Waals surface area contributed by atoms with Crippen LogP contribution in [0.1, 0.15) is 80.8 Å². The summed E-state index contributed by atoms with van der Waals surface area (Å²) in [4.78, 5) is 15.3. The molecule has 0 aliphatic rings. The second-order valence-electron chi connectivity index (χ2n) is 11.0. The number of methoxy groups -OCH3 is 4. The summed E-state index contributed by atoms with van der Waals surface area (Å²) in [6.45, 7) is 8.26. The van der Waals surface area contributed by atoms with Crippen molar-refractivity contribution in [3.05, 3.63) is 47.0 Å². The van der Waals surface area contributed by atoms with Crippen molar-refractivity contribution in [3.63, 3.8) is 0 Å². The minimum Gasteiger partial charge on any atom is -0.493 e. The lowest BCUT2D eigenvalue weighted by Gasteiger charge is -2.32. The molecule has 8 heteroatoms. The second-order valence-corrected chi connectivity index (χ2v) is 11.0. The quantitative estimate of drug-likeness (QED) is 0.132. The van der Waals surface area contributed by atoms with Gasteiger partial charge >= 0.3 is 5.97 Å². The SMILES string of the molecule is CCCCCCOC(=O)c1cc(OC)c(OC)cc1CCN(C)CCCC(C#N)(c1ccc(OC)c(OC)c1)C(C)C. The van der Waals surface area contributed by atoms with Gasteiger partial charge in [0, 0.05) is 6.54 Å². The second kappa shape index (κ2) is 17.5. The molecule has 1 atom stereocenters. The maximum Gasteiger partial charge on any atom is 0.338 e. The molecule has 0 aliphatic heterocycles. The molecule has 0 spiro atoms. The average molecular weight is 583 g/mol. The Morgan fingerprint density at radius 1 is 0.881 bits per heavy atom. The van der Waals surface area contributed by atoms with Gasteiger partial charge in [0.25, 0.3) is 0 Å². The number of benzene rings is 2. The summed E-state index contributed by atoms with van der Waals surface area (Å²) in [6.07, 6.45) is 6.33. The number of nitriles is 1. The van der Waals surface area contributed by atoms with Gasteiger partial charge in [0.1, 0.15) is 0 Å². The number of rotatable bonds is 19. The van der Waals surface area contributed by atoms with Crippen LogP contribution in [-0.2, 0) is 16.6 Å². The molecule has 0 amide bonds. The van der Waals surface area contributed by atoms with Crippen molar-refractivity contribution >= 4 is 5.97 Å². The molecule has 232 valence electrons. The highest BCUT2D eigenvalue weighted by Crippen LogP contribution is 2.40. The Kier molecular flexibility index (Phi) is 14.5. The van der Waals surface area contributed by atoms with E-state index >= 15 is 0 Å². The van der Waals surface area contributed by atoms with Crippen LogP contribution in [0.25, 0.3) is 0 Å². The van der Waals surface area contributed by atoms with Gasteiger partial charge in [-0.2, -0.15) is 5.26 Å².